The van der Waals surface area contributed by atoms with Crippen LogP contribution in [0.4, 0.5) is 0 Å². The molecule has 1 aromatic carbocycles. The molecule has 0 spiro atoms. The van der Waals surface area contributed by atoms with Gasteiger partial charge in [0.25, 0.3) is 0 Å². The first-order valence-electron chi connectivity index (χ1n) is 7.60. The molecule has 2 aliphatic rings. The van der Waals surface area contributed by atoms with Crippen LogP contribution in [0.25, 0.3) is 0 Å². The molecule has 0 radical (unpaired) electrons. The molecule has 0 aliphatic carbocycles. The molecular weight excluding hydrogens is 338 g/mol. The number of piperidine rings is 1. The van der Waals surface area contributed by atoms with Gasteiger partial charge in [-0.05, 0) is 37.8 Å². The second-order valence-electron chi connectivity index (χ2n) is 6.32. The van der Waals surface area contributed by atoms with E-state index in [1.165, 1.54) is 23.7 Å². The van der Waals surface area contributed by atoms with Crippen molar-refractivity contribution < 1.29 is 21.6 Å². The summed E-state index contributed by atoms with van der Waals surface area (Å²) in [6.07, 6.45) is 3.46. The van der Waals surface area contributed by atoms with E-state index in [-0.39, 0.29) is 17.0 Å². The standard InChI is InChI=1S/C15H21NO5S2/c1-21-13-4-3-5-14(10-13)23(19,20)16-11-6-7-12(16)9-15(8-11)22(2,17)18/h3-5,10-12,15H,6-9H2,1-2H3. The Morgan fingerprint density at radius 2 is 1.70 bits per heavy atom. The van der Waals surface area contributed by atoms with Gasteiger partial charge in [-0.25, -0.2) is 16.8 Å². The Labute approximate surface area is 137 Å². The lowest BCUT2D eigenvalue weighted by atomic mass is 10.1. The van der Waals surface area contributed by atoms with Gasteiger partial charge in [0, 0.05) is 24.4 Å². The number of rotatable bonds is 4. The van der Waals surface area contributed by atoms with E-state index in [9.17, 15) is 16.8 Å². The topological polar surface area (TPSA) is 80.8 Å². The van der Waals surface area contributed by atoms with Gasteiger partial charge >= 0.3 is 0 Å². The third-order valence-corrected chi connectivity index (χ3v) is 8.44. The number of ether oxygens (including phenoxy) is 1. The van der Waals surface area contributed by atoms with Gasteiger partial charge in [0.1, 0.15) is 15.6 Å². The third kappa shape index (κ3) is 2.99. The van der Waals surface area contributed by atoms with E-state index in [1.54, 1.807) is 18.2 Å². The summed E-state index contributed by atoms with van der Waals surface area (Å²) in [5.41, 5.74) is 0. The van der Waals surface area contributed by atoms with Crippen molar-refractivity contribution >= 4 is 19.9 Å². The fourth-order valence-corrected chi connectivity index (χ4v) is 6.78. The van der Waals surface area contributed by atoms with Gasteiger partial charge in [0.2, 0.25) is 10.0 Å². The first-order valence-corrected chi connectivity index (χ1v) is 11.0. The van der Waals surface area contributed by atoms with Crippen LogP contribution in [-0.2, 0) is 19.9 Å². The first-order chi connectivity index (χ1) is 10.7. The molecule has 2 aliphatic heterocycles. The lowest BCUT2D eigenvalue weighted by Crippen LogP contribution is -2.49. The Bertz CT molecular complexity index is 789. The summed E-state index contributed by atoms with van der Waals surface area (Å²) in [6, 6.07) is 5.95. The van der Waals surface area contributed by atoms with E-state index in [0.717, 1.165) is 12.8 Å². The quantitative estimate of drug-likeness (QED) is 0.812. The smallest absolute Gasteiger partial charge is 0.243 e. The summed E-state index contributed by atoms with van der Waals surface area (Å²) in [4.78, 5) is 0.201. The summed E-state index contributed by atoms with van der Waals surface area (Å²) >= 11 is 0. The molecule has 2 unspecified atom stereocenters. The summed E-state index contributed by atoms with van der Waals surface area (Å²) in [5.74, 6) is 0.490. The molecule has 6 nitrogen and oxygen atoms in total. The van der Waals surface area contributed by atoms with Crippen LogP contribution in [0.3, 0.4) is 0 Å². The number of nitrogens with zero attached hydrogens (tertiary/aromatic N) is 1. The fraction of sp³-hybridized carbons (Fsp3) is 0.600. The van der Waals surface area contributed by atoms with Crippen molar-refractivity contribution in [1.29, 1.82) is 0 Å². The largest absolute Gasteiger partial charge is 0.497 e. The highest BCUT2D eigenvalue weighted by Crippen LogP contribution is 2.41. The highest BCUT2D eigenvalue weighted by atomic mass is 32.2. The first kappa shape index (κ1) is 16.7. The maximum atomic E-state index is 13.0. The number of hydrogen-bond acceptors (Lipinski definition) is 5. The van der Waals surface area contributed by atoms with Crippen molar-refractivity contribution in [2.75, 3.05) is 13.4 Å². The molecular formula is C15H21NO5S2. The molecule has 1 aromatic rings. The summed E-state index contributed by atoms with van der Waals surface area (Å²) < 4.78 is 56.3. The Morgan fingerprint density at radius 3 is 2.22 bits per heavy atom. The molecule has 2 fully saturated rings. The van der Waals surface area contributed by atoms with Gasteiger partial charge in [0.05, 0.1) is 17.3 Å². The van der Waals surface area contributed by atoms with Crippen LogP contribution in [0.2, 0.25) is 0 Å². The molecule has 0 amide bonds. The van der Waals surface area contributed by atoms with Gasteiger partial charge in [0.15, 0.2) is 0 Å². The number of fused-ring (bicyclic) bond motifs is 2. The lowest BCUT2D eigenvalue weighted by molar-refractivity contribution is 0.249. The van der Waals surface area contributed by atoms with Crippen LogP contribution >= 0.6 is 0 Å². The number of methoxy groups -OCH3 is 1. The van der Waals surface area contributed by atoms with E-state index >= 15 is 0 Å². The zero-order valence-electron chi connectivity index (χ0n) is 13.2. The van der Waals surface area contributed by atoms with Gasteiger partial charge < -0.3 is 4.74 Å². The van der Waals surface area contributed by atoms with Crippen LogP contribution in [0.5, 0.6) is 5.75 Å². The molecule has 2 saturated heterocycles. The van der Waals surface area contributed by atoms with Crippen molar-refractivity contribution in [2.45, 2.75) is 47.9 Å². The van der Waals surface area contributed by atoms with E-state index in [1.807, 2.05) is 0 Å². The summed E-state index contributed by atoms with van der Waals surface area (Å²) in [6.45, 7) is 0. The van der Waals surface area contributed by atoms with Gasteiger partial charge in [-0.1, -0.05) is 6.07 Å². The van der Waals surface area contributed by atoms with Crippen molar-refractivity contribution in [3.8, 4) is 5.75 Å². The van der Waals surface area contributed by atoms with E-state index in [2.05, 4.69) is 0 Å². The van der Waals surface area contributed by atoms with Crippen molar-refractivity contribution in [3.05, 3.63) is 24.3 Å². The maximum Gasteiger partial charge on any atom is 0.243 e. The zero-order valence-corrected chi connectivity index (χ0v) is 14.8. The predicted octanol–water partition coefficient (Wildman–Crippen LogP) is 1.42. The molecule has 8 heteroatoms. The number of hydrogen-bond donors (Lipinski definition) is 0. The molecule has 2 atom stereocenters. The maximum absolute atomic E-state index is 13.0. The van der Waals surface area contributed by atoms with Crippen LogP contribution in [0, 0.1) is 0 Å². The van der Waals surface area contributed by atoms with Crippen molar-refractivity contribution in [3.63, 3.8) is 0 Å². The van der Waals surface area contributed by atoms with Crippen molar-refractivity contribution in [2.24, 2.45) is 0 Å². The average Bonchev–Trinajstić information content (AvgIpc) is 2.77. The zero-order chi connectivity index (χ0) is 16.8. The molecule has 23 heavy (non-hydrogen) atoms. The fourth-order valence-electron chi connectivity index (χ4n) is 3.71. The molecule has 2 bridgehead atoms. The SMILES string of the molecule is COc1cccc(S(=O)(=O)N2C3CCC2CC(S(C)(=O)=O)C3)c1. The molecule has 0 aromatic heterocycles. The monoisotopic (exact) mass is 359 g/mol. The second-order valence-corrected chi connectivity index (χ2v) is 10.5. The van der Waals surface area contributed by atoms with Gasteiger partial charge in [-0.2, -0.15) is 4.31 Å². The Hall–Kier alpha value is -1.12. The number of benzene rings is 1. The second kappa shape index (κ2) is 5.75. The normalized spacial score (nSPS) is 28.7. The highest BCUT2D eigenvalue weighted by molar-refractivity contribution is 7.91. The lowest BCUT2D eigenvalue weighted by Gasteiger charge is -2.37. The predicted molar refractivity (Wildman–Crippen MR) is 86.7 cm³/mol. The summed E-state index contributed by atoms with van der Waals surface area (Å²) in [7, 11) is -5.29. The molecule has 0 N–H and O–H groups in total. The Morgan fingerprint density at radius 1 is 1.09 bits per heavy atom. The van der Waals surface area contributed by atoms with Gasteiger partial charge in [-0.15, -0.1) is 0 Å². The minimum Gasteiger partial charge on any atom is -0.497 e. The number of sulfone groups is 1. The third-order valence-electron chi connectivity index (χ3n) is 4.84. The van der Waals surface area contributed by atoms with Gasteiger partial charge in [-0.3, -0.25) is 0 Å². The summed E-state index contributed by atoms with van der Waals surface area (Å²) in [5, 5.41) is -0.434. The molecule has 128 valence electrons. The van der Waals surface area contributed by atoms with E-state index in [4.69, 9.17) is 4.74 Å². The minimum absolute atomic E-state index is 0.201. The van der Waals surface area contributed by atoms with Crippen LogP contribution in [-0.4, -0.2) is 51.8 Å². The molecule has 2 heterocycles. The molecule has 0 saturated carbocycles. The average molecular weight is 359 g/mol. The Balaban J connectivity index is 1.93. The van der Waals surface area contributed by atoms with E-state index < -0.39 is 25.1 Å². The molecule has 3 rings (SSSR count). The minimum atomic E-state index is -3.64. The number of sulfonamides is 1. The van der Waals surface area contributed by atoms with E-state index in [0.29, 0.717) is 18.6 Å². The van der Waals surface area contributed by atoms with Crippen LogP contribution in [0.1, 0.15) is 25.7 Å². The van der Waals surface area contributed by atoms with Crippen molar-refractivity contribution in [1.82, 2.24) is 4.31 Å². The van der Waals surface area contributed by atoms with Crippen LogP contribution in [0.15, 0.2) is 29.2 Å². The Kier molecular flexibility index (Phi) is 4.18. The highest BCUT2D eigenvalue weighted by Gasteiger charge is 2.49. The van der Waals surface area contributed by atoms with Crippen LogP contribution < -0.4 is 4.74 Å².